The van der Waals surface area contributed by atoms with Crippen molar-refractivity contribution >= 4 is 5.82 Å². The van der Waals surface area contributed by atoms with Gasteiger partial charge in [-0.25, -0.2) is 4.98 Å². The first-order valence-electron chi connectivity index (χ1n) is 7.79. The van der Waals surface area contributed by atoms with E-state index in [4.69, 9.17) is 5.73 Å². The van der Waals surface area contributed by atoms with Crippen LogP contribution >= 0.6 is 0 Å². The fraction of sp³-hybridized carbons (Fsp3) is 0.688. The van der Waals surface area contributed by atoms with Gasteiger partial charge in [-0.2, -0.15) is 0 Å². The summed E-state index contributed by atoms with van der Waals surface area (Å²) in [6.45, 7) is 11.0. The predicted octanol–water partition coefficient (Wildman–Crippen LogP) is 1.89. The largest absolute Gasteiger partial charge is 0.354 e. The first-order valence-corrected chi connectivity index (χ1v) is 7.79. The highest BCUT2D eigenvalue weighted by Crippen LogP contribution is 2.15. The van der Waals surface area contributed by atoms with E-state index in [1.54, 1.807) is 0 Å². The topological polar surface area (TPSA) is 45.4 Å². The number of rotatable bonds is 5. The zero-order valence-electron chi connectivity index (χ0n) is 13.0. The van der Waals surface area contributed by atoms with E-state index in [-0.39, 0.29) is 6.04 Å². The van der Waals surface area contributed by atoms with Crippen LogP contribution < -0.4 is 10.6 Å². The van der Waals surface area contributed by atoms with Crippen LogP contribution in [0.1, 0.15) is 32.8 Å². The molecule has 1 aromatic rings. The van der Waals surface area contributed by atoms with Gasteiger partial charge in [0.05, 0.1) is 0 Å². The van der Waals surface area contributed by atoms with Crippen LogP contribution in [0.15, 0.2) is 18.3 Å². The van der Waals surface area contributed by atoms with Crippen LogP contribution in [0.3, 0.4) is 0 Å². The Kier molecular flexibility index (Phi) is 5.38. The number of aromatic nitrogens is 1. The van der Waals surface area contributed by atoms with Gasteiger partial charge in [0.25, 0.3) is 0 Å². The minimum atomic E-state index is 0.247. The fourth-order valence-corrected chi connectivity index (χ4v) is 2.64. The molecule has 2 rings (SSSR count). The Labute approximate surface area is 123 Å². The van der Waals surface area contributed by atoms with Crippen molar-refractivity contribution in [1.29, 1.82) is 0 Å². The summed E-state index contributed by atoms with van der Waals surface area (Å²) >= 11 is 0. The molecular formula is C16H28N4. The number of piperazine rings is 1. The average Bonchev–Trinajstić information content (AvgIpc) is 2.48. The highest BCUT2D eigenvalue weighted by atomic mass is 15.3. The lowest BCUT2D eigenvalue weighted by atomic mass is 10.1. The van der Waals surface area contributed by atoms with Gasteiger partial charge in [0.15, 0.2) is 0 Å². The molecule has 20 heavy (non-hydrogen) atoms. The molecule has 0 bridgehead atoms. The summed E-state index contributed by atoms with van der Waals surface area (Å²) in [5.41, 5.74) is 7.23. The fourth-order valence-electron chi connectivity index (χ4n) is 2.64. The molecular weight excluding hydrogens is 248 g/mol. The molecule has 1 saturated heterocycles. The van der Waals surface area contributed by atoms with E-state index in [0.29, 0.717) is 6.04 Å². The molecule has 1 unspecified atom stereocenters. The lowest BCUT2D eigenvalue weighted by Gasteiger charge is -2.37. The number of hydrogen-bond acceptors (Lipinski definition) is 4. The molecule has 0 aromatic carbocycles. The Balaban J connectivity index is 1.91. The summed E-state index contributed by atoms with van der Waals surface area (Å²) in [6.07, 6.45) is 3.92. The van der Waals surface area contributed by atoms with Gasteiger partial charge in [-0.1, -0.05) is 13.0 Å². The van der Waals surface area contributed by atoms with Crippen LogP contribution in [-0.2, 0) is 6.42 Å². The van der Waals surface area contributed by atoms with Crippen LogP contribution in [-0.4, -0.2) is 48.1 Å². The predicted molar refractivity (Wildman–Crippen MR) is 85.1 cm³/mol. The highest BCUT2D eigenvalue weighted by molar-refractivity contribution is 5.40. The maximum atomic E-state index is 5.99. The number of nitrogens with zero attached hydrogens (tertiary/aromatic N) is 3. The van der Waals surface area contributed by atoms with Crippen molar-refractivity contribution in [3.63, 3.8) is 0 Å². The second-order valence-corrected chi connectivity index (χ2v) is 6.01. The summed E-state index contributed by atoms with van der Waals surface area (Å²) in [5, 5.41) is 0. The summed E-state index contributed by atoms with van der Waals surface area (Å²) in [5.74, 6) is 1.10. The molecule has 1 atom stereocenters. The minimum Gasteiger partial charge on any atom is -0.354 e. The maximum Gasteiger partial charge on any atom is 0.128 e. The lowest BCUT2D eigenvalue weighted by Crippen LogP contribution is -2.49. The van der Waals surface area contributed by atoms with Crippen molar-refractivity contribution in [2.75, 3.05) is 31.1 Å². The van der Waals surface area contributed by atoms with E-state index in [2.05, 4.69) is 47.7 Å². The van der Waals surface area contributed by atoms with Gasteiger partial charge in [-0.05, 0) is 38.3 Å². The molecule has 1 aromatic heterocycles. The Bertz CT molecular complexity index is 393. The zero-order valence-corrected chi connectivity index (χ0v) is 13.0. The van der Waals surface area contributed by atoms with Crippen LogP contribution in [0.2, 0.25) is 0 Å². The van der Waals surface area contributed by atoms with Crippen molar-refractivity contribution < 1.29 is 0 Å². The van der Waals surface area contributed by atoms with Gasteiger partial charge < -0.3 is 10.6 Å². The standard InChI is InChI=1S/C16H28N4/c1-4-15(17)11-14-5-6-16(18-12-14)20-9-7-19(8-10-20)13(2)3/h5-6,12-13,15H,4,7-11,17H2,1-3H3. The normalized spacial score (nSPS) is 18.6. The Hall–Kier alpha value is -1.13. The zero-order chi connectivity index (χ0) is 14.5. The van der Waals surface area contributed by atoms with E-state index in [9.17, 15) is 0 Å². The third-order valence-corrected chi connectivity index (χ3v) is 4.20. The molecule has 0 aliphatic carbocycles. The summed E-state index contributed by atoms with van der Waals surface area (Å²) in [7, 11) is 0. The van der Waals surface area contributed by atoms with Crippen molar-refractivity contribution in [3.8, 4) is 0 Å². The van der Waals surface area contributed by atoms with Crippen molar-refractivity contribution in [2.24, 2.45) is 5.73 Å². The summed E-state index contributed by atoms with van der Waals surface area (Å²) in [6, 6.07) is 5.20. The molecule has 4 heteroatoms. The average molecular weight is 276 g/mol. The van der Waals surface area contributed by atoms with E-state index in [1.165, 1.54) is 5.56 Å². The second kappa shape index (κ2) is 7.04. The van der Waals surface area contributed by atoms with Gasteiger partial charge in [0.2, 0.25) is 0 Å². The number of hydrogen-bond donors (Lipinski definition) is 1. The molecule has 1 fully saturated rings. The molecule has 0 radical (unpaired) electrons. The molecule has 0 saturated carbocycles. The van der Waals surface area contributed by atoms with Crippen LogP contribution in [0.25, 0.3) is 0 Å². The van der Waals surface area contributed by atoms with Crippen molar-refractivity contribution in [1.82, 2.24) is 9.88 Å². The monoisotopic (exact) mass is 276 g/mol. The second-order valence-electron chi connectivity index (χ2n) is 6.01. The molecule has 2 N–H and O–H groups in total. The molecule has 4 nitrogen and oxygen atoms in total. The number of nitrogens with two attached hydrogens (primary N) is 1. The molecule has 2 heterocycles. The molecule has 112 valence electrons. The van der Waals surface area contributed by atoms with Gasteiger partial charge >= 0.3 is 0 Å². The molecule has 0 spiro atoms. The molecule has 1 aliphatic rings. The van der Waals surface area contributed by atoms with E-state index >= 15 is 0 Å². The number of anilines is 1. The smallest absolute Gasteiger partial charge is 0.128 e. The SMILES string of the molecule is CCC(N)Cc1ccc(N2CCN(C(C)C)CC2)nc1. The van der Waals surface area contributed by atoms with E-state index in [1.807, 2.05) is 6.20 Å². The van der Waals surface area contributed by atoms with E-state index in [0.717, 1.165) is 44.8 Å². The molecule has 1 aliphatic heterocycles. The quantitative estimate of drug-likeness (QED) is 0.892. The van der Waals surface area contributed by atoms with E-state index < -0.39 is 0 Å². The van der Waals surface area contributed by atoms with Gasteiger partial charge in [-0.15, -0.1) is 0 Å². The number of pyridine rings is 1. The van der Waals surface area contributed by atoms with Crippen molar-refractivity contribution in [2.45, 2.75) is 45.7 Å². The Morgan fingerprint density at radius 1 is 1.20 bits per heavy atom. The van der Waals surface area contributed by atoms with Gasteiger partial charge in [-0.3, -0.25) is 4.90 Å². The first kappa shape index (κ1) is 15.3. The van der Waals surface area contributed by atoms with Crippen molar-refractivity contribution in [3.05, 3.63) is 23.9 Å². The maximum absolute atomic E-state index is 5.99. The summed E-state index contributed by atoms with van der Waals surface area (Å²) < 4.78 is 0. The third-order valence-electron chi connectivity index (χ3n) is 4.20. The first-order chi connectivity index (χ1) is 9.60. The molecule has 0 amide bonds. The van der Waals surface area contributed by atoms with Crippen LogP contribution in [0, 0.1) is 0 Å². The van der Waals surface area contributed by atoms with Crippen LogP contribution in [0.5, 0.6) is 0 Å². The third kappa shape index (κ3) is 3.93. The highest BCUT2D eigenvalue weighted by Gasteiger charge is 2.19. The summed E-state index contributed by atoms with van der Waals surface area (Å²) in [4.78, 5) is 9.51. The minimum absolute atomic E-state index is 0.247. The Morgan fingerprint density at radius 3 is 2.40 bits per heavy atom. The van der Waals surface area contributed by atoms with Crippen LogP contribution in [0.4, 0.5) is 5.82 Å². The van der Waals surface area contributed by atoms with Gasteiger partial charge in [0, 0.05) is 44.5 Å². The van der Waals surface area contributed by atoms with Gasteiger partial charge in [0.1, 0.15) is 5.82 Å². The Morgan fingerprint density at radius 2 is 1.90 bits per heavy atom. The lowest BCUT2D eigenvalue weighted by molar-refractivity contribution is 0.209.